The minimum atomic E-state index is 0.512. The van der Waals surface area contributed by atoms with E-state index in [1.165, 1.54) is 56.2 Å². The van der Waals surface area contributed by atoms with Crippen molar-refractivity contribution in [1.82, 2.24) is 9.97 Å². The van der Waals surface area contributed by atoms with E-state index >= 15 is 0 Å². The Labute approximate surface area is 117 Å². The third kappa shape index (κ3) is 4.19. The van der Waals surface area contributed by atoms with Crippen molar-refractivity contribution in [2.45, 2.75) is 77.7 Å². The molecule has 106 valence electrons. The highest BCUT2D eigenvalue weighted by Gasteiger charge is 2.16. The Balaban J connectivity index is 1.88. The number of aryl methyl sites for hydroxylation is 1. The fraction of sp³-hybridized carbons (Fsp3) is 0.750. The van der Waals surface area contributed by atoms with Crippen molar-refractivity contribution < 1.29 is 0 Å². The van der Waals surface area contributed by atoms with Crippen molar-refractivity contribution in [2.75, 3.05) is 5.32 Å². The van der Waals surface area contributed by atoms with Crippen LogP contribution in [0.1, 0.15) is 70.1 Å². The maximum atomic E-state index is 4.45. The summed E-state index contributed by atoms with van der Waals surface area (Å²) in [5.74, 6) is 1.09. The SMILES string of the molecule is CCCCCCC(C)Nc1ncnc2c1CCCC2. The number of rotatable bonds is 7. The van der Waals surface area contributed by atoms with E-state index in [2.05, 4.69) is 29.1 Å². The number of hydrogen-bond acceptors (Lipinski definition) is 3. The summed E-state index contributed by atoms with van der Waals surface area (Å²) in [7, 11) is 0. The predicted octanol–water partition coefficient (Wildman–Crippen LogP) is 4.13. The molecule has 19 heavy (non-hydrogen) atoms. The summed E-state index contributed by atoms with van der Waals surface area (Å²) in [5, 5.41) is 3.60. The van der Waals surface area contributed by atoms with Crippen molar-refractivity contribution in [3.05, 3.63) is 17.6 Å². The van der Waals surface area contributed by atoms with Crippen LogP contribution < -0.4 is 5.32 Å². The van der Waals surface area contributed by atoms with Crippen molar-refractivity contribution in [1.29, 1.82) is 0 Å². The molecule has 0 saturated heterocycles. The highest BCUT2D eigenvalue weighted by molar-refractivity contribution is 5.47. The van der Waals surface area contributed by atoms with Gasteiger partial charge in [0.15, 0.2) is 0 Å². The van der Waals surface area contributed by atoms with Gasteiger partial charge >= 0.3 is 0 Å². The Bertz CT molecular complexity index is 390. The van der Waals surface area contributed by atoms with Gasteiger partial charge in [-0.25, -0.2) is 9.97 Å². The van der Waals surface area contributed by atoms with Gasteiger partial charge in [-0.2, -0.15) is 0 Å². The molecule has 1 N–H and O–H groups in total. The van der Waals surface area contributed by atoms with Crippen LogP contribution in [0.2, 0.25) is 0 Å². The summed E-state index contributed by atoms with van der Waals surface area (Å²) in [5.41, 5.74) is 2.64. The van der Waals surface area contributed by atoms with Gasteiger partial charge in [-0.3, -0.25) is 0 Å². The van der Waals surface area contributed by atoms with Crippen LogP contribution in [0.3, 0.4) is 0 Å². The second kappa shape index (κ2) is 7.46. The lowest BCUT2D eigenvalue weighted by Crippen LogP contribution is -2.19. The number of nitrogens with one attached hydrogen (secondary N) is 1. The first kappa shape index (κ1) is 14.3. The van der Waals surface area contributed by atoms with Gasteiger partial charge < -0.3 is 5.32 Å². The van der Waals surface area contributed by atoms with Crippen molar-refractivity contribution in [2.24, 2.45) is 0 Å². The van der Waals surface area contributed by atoms with Gasteiger partial charge in [0, 0.05) is 17.3 Å². The van der Waals surface area contributed by atoms with Crippen molar-refractivity contribution in [3.8, 4) is 0 Å². The van der Waals surface area contributed by atoms with Gasteiger partial charge in [-0.1, -0.05) is 32.6 Å². The molecule has 0 aromatic carbocycles. The van der Waals surface area contributed by atoms with Crippen LogP contribution in [0, 0.1) is 0 Å². The van der Waals surface area contributed by atoms with E-state index < -0.39 is 0 Å². The van der Waals surface area contributed by atoms with E-state index in [0.29, 0.717) is 6.04 Å². The van der Waals surface area contributed by atoms with E-state index in [1.807, 2.05) is 0 Å². The summed E-state index contributed by atoms with van der Waals surface area (Å²) in [6.45, 7) is 4.53. The zero-order valence-electron chi connectivity index (χ0n) is 12.4. The normalized spacial score (nSPS) is 15.9. The first-order chi connectivity index (χ1) is 9.31. The maximum Gasteiger partial charge on any atom is 0.133 e. The molecule has 0 amide bonds. The zero-order chi connectivity index (χ0) is 13.5. The third-order valence-corrected chi connectivity index (χ3v) is 4.00. The minimum absolute atomic E-state index is 0.512. The lowest BCUT2D eigenvalue weighted by molar-refractivity contribution is 0.590. The van der Waals surface area contributed by atoms with Gasteiger partial charge in [0.1, 0.15) is 12.1 Å². The zero-order valence-corrected chi connectivity index (χ0v) is 12.4. The molecule has 1 unspecified atom stereocenters. The molecule has 0 saturated carbocycles. The maximum absolute atomic E-state index is 4.45. The van der Waals surface area contributed by atoms with Crippen LogP contribution in [0.25, 0.3) is 0 Å². The van der Waals surface area contributed by atoms with Crippen LogP contribution in [0.15, 0.2) is 6.33 Å². The molecule has 1 aliphatic carbocycles. The Morgan fingerprint density at radius 2 is 2.00 bits per heavy atom. The van der Waals surface area contributed by atoms with Gasteiger partial charge in [-0.05, 0) is 39.0 Å². The summed E-state index contributed by atoms with van der Waals surface area (Å²) in [4.78, 5) is 8.88. The van der Waals surface area contributed by atoms with Crippen LogP contribution in [0.5, 0.6) is 0 Å². The number of hydrogen-bond donors (Lipinski definition) is 1. The van der Waals surface area contributed by atoms with Gasteiger partial charge in [0.2, 0.25) is 0 Å². The van der Waals surface area contributed by atoms with Crippen LogP contribution in [-0.2, 0) is 12.8 Å². The molecule has 1 atom stereocenters. The Morgan fingerprint density at radius 3 is 2.84 bits per heavy atom. The Morgan fingerprint density at radius 1 is 1.16 bits per heavy atom. The van der Waals surface area contributed by atoms with Gasteiger partial charge in [0.05, 0.1) is 0 Å². The molecule has 0 radical (unpaired) electrons. The van der Waals surface area contributed by atoms with E-state index in [0.717, 1.165) is 18.7 Å². The monoisotopic (exact) mass is 261 g/mol. The quantitative estimate of drug-likeness (QED) is 0.750. The number of fused-ring (bicyclic) bond motifs is 1. The van der Waals surface area contributed by atoms with E-state index in [-0.39, 0.29) is 0 Å². The second-order valence-corrected chi connectivity index (χ2v) is 5.75. The molecule has 3 heteroatoms. The van der Waals surface area contributed by atoms with Crippen molar-refractivity contribution in [3.63, 3.8) is 0 Å². The molecule has 2 rings (SSSR count). The highest BCUT2D eigenvalue weighted by atomic mass is 15.0. The largest absolute Gasteiger partial charge is 0.367 e. The Kier molecular flexibility index (Phi) is 5.62. The average molecular weight is 261 g/mol. The first-order valence-electron chi connectivity index (χ1n) is 7.90. The fourth-order valence-corrected chi connectivity index (χ4v) is 2.83. The Hall–Kier alpha value is -1.12. The first-order valence-corrected chi connectivity index (χ1v) is 7.90. The molecular weight excluding hydrogens is 234 g/mol. The summed E-state index contributed by atoms with van der Waals surface area (Å²) >= 11 is 0. The standard InChI is InChI=1S/C16H27N3/c1-3-4-5-6-9-13(2)19-16-14-10-7-8-11-15(14)17-12-18-16/h12-13H,3-11H2,1-2H3,(H,17,18,19). The number of nitrogens with zero attached hydrogens (tertiary/aromatic N) is 2. The van der Waals surface area contributed by atoms with E-state index in [4.69, 9.17) is 0 Å². The summed E-state index contributed by atoms with van der Waals surface area (Å²) < 4.78 is 0. The molecule has 0 bridgehead atoms. The van der Waals surface area contributed by atoms with Gasteiger partial charge in [-0.15, -0.1) is 0 Å². The molecule has 0 aliphatic heterocycles. The summed E-state index contributed by atoms with van der Waals surface area (Å²) in [6.07, 6.45) is 13.1. The topological polar surface area (TPSA) is 37.8 Å². The smallest absolute Gasteiger partial charge is 0.133 e. The number of unbranched alkanes of at least 4 members (excludes halogenated alkanes) is 3. The molecule has 1 aliphatic rings. The van der Waals surface area contributed by atoms with Crippen LogP contribution >= 0.6 is 0 Å². The lowest BCUT2D eigenvalue weighted by atomic mass is 9.96. The fourth-order valence-electron chi connectivity index (χ4n) is 2.83. The second-order valence-electron chi connectivity index (χ2n) is 5.75. The molecule has 0 fully saturated rings. The molecular formula is C16H27N3. The lowest BCUT2D eigenvalue weighted by Gasteiger charge is -2.21. The van der Waals surface area contributed by atoms with Gasteiger partial charge in [0.25, 0.3) is 0 Å². The highest BCUT2D eigenvalue weighted by Crippen LogP contribution is 2.25. The van der Waals surface area contributed by atoms with E-state index in [1.54, 1.807) is 6.33 Å². The minimum Gasteiger partial charge on any atom is -0.367 e. The summed E-state index contributed by atoms with van der Waals surface area (Å²) in [6, 6.07) is 0.512. The average Bonchev–Trinajstić information content (AvgIpc) is 2.44. The van der Waals surface area contributed by atoms with Crippen LogP contribution in [0.4, 0.5) is 5.82 Å². The number of anilines is 1. The predicted molar refractivity (Wildman–Crippen MR) is 80.5 cm³/mol. The van der Waals surface area contributed by atoms with E-state index in [9.17, 15) is 0 Å². The van der Waals surface area contributed by atoms with Crippen LogP contribution in [-0.4, -0.2) is 16.0 Å². The molecule has 1 aromatic rings. The molecule has 3 nitrogen and oxygen atoms in total. The number of aromatic nitrogens is 2. The third-order valence-electron chi connectivity index (χ3n) is 4.00. The van der Waals surface area contributed by atoms with Crippen molar-refractivity contribution >= 4 is 5.82 Å². The molecule has 1 heterocycles. The molecule has 0 spiro atoms. The molecule has 1 aromatic heterocycles.